The van der Waals surface area contributed by atoms with Gasteiger partial charge in [-0.15, -0.1) is 0 Å². The van der Waals surface area contributed by atoms with Crippen LogP contribution in [-0.2, 0) is 42.8 Å². The molecule has 0 aliphatic carbocycles. The Bertz CT molecular complexity index is 1540. The zero-order valence-electron chi connectivity index (χ0n) is 21.0. The van der Waals surface area contributed by atoms with Crippen LogP contribution in [0.25, 0.3) is 0 Å². The number of hydrogen-bond acceptors (Lipinski definition) is 10. The summed E-state index contributed by atoms with van der Waals surface area (Å²) in [6.45, 7) is 3.46. The van der Waals surface area contributed by atoms with Crippen LogP contribution in [0, 0.1) is 13.8 Å². The van der Waals surface area contributed by atoms with E-state index in [0.29, 0.717) is 0 Å². The molecule has 12 heteroatoms. The van der Waals surface area contributed by atoms with E-state index in [0.717, 1.165) is 11.1 Å². The molecule has 0 spiro atoms. The van der Waals surface area contributed by atoms with E-state index < -0.39 is 56.9 Å². The number of hydrogen-bond donors (Lipinski definition) is 0. The molecule has 2 aliphatic heterocycles. The molecule has 5 rings (SSSR count). The number of benzene rings is 3. The SMILES string of the molecule is Cc1ccc(S(=O)(=O)OC2C3COC(O3)C(OC(=O)c3ccccc3)C2OS(=O)(=O)c2ccc(C)cc2)cc1. The van der Waals surface area contributed by atoms with Crippen LogP contribution in [0.1, 0.15) is 21.5 Å². The van der Waals surface area contributed by atoms with Crippen LogP contribution in [0.5, 0.6) is 0 Å². The van der Waals surface area contributed by atoms with Crippen molar-refractivity contribution in [3.05, 3.63) is 95.6 Å². The number of rotatable bonds is 8. The summed E-state index contributed by atoms with van der Waals surface area (Å²) in [4.78, 5) is 12.6. The molecule has 2 fully saturated rings. The summed E-state index contributed by atoms with van der Waals surface area (Å²) in [6, 6.07) is 19.8. The summed E-state index contributed by atoms with van der Waals surface area (Å²) < 4.78 is 81.2. The van der Waals surface area contributed by atoms with Crippen molar-refractivity contribution >= 4 is 26.2 Å². The molecule has 0 amide bonds. The fourth-order valence-electron chi connectivity index (χ4n) is 4.27. The van der Waals surface area contributed by atoms with E-state index in [4.69, 9.17) is 22.6 Å². The number of esters is 1. The molecular formula is C27H26O10S2. The van der Waals surface area contributed by atoms with Crippen molar-refractivity contribution in [1.29, 1.82) is 0 Å². The fraction of sp³-hybridized carbons (Fsp3) is 0.296. The van der Waals surface area contributed by atoms with Crippen LogP contribution in [0.4, 0.5) is 0 Å². The largest absolute Gasteiger partial charge is 0.450 e. The lowest BCUT2D eigenvalue weighted by molar-refractivity contribution is -0.216. The molecule has 0 N–H and O–H groups in total. The highest BCUT2D eigenvalue weighted by Gasteiger charge is 2.57. The minimum Gasteiger partial charge on any atom is -0.450 e. The molecule has 0 aromatic heterocycles. The summed E-state index contributed by atoms with van der Waals surface area (Å²) in [5.41, 5.74) is 1.84. The monoisotopic (exact) mass is 574 g/mol. The van der Waals surface area contributed by atoms with Gasteiger partial charge in [0.1, 0.15) is 18.3 Å². The molecule has 5 unspecified atom stereocenters. The van der Waals surface area contributed by atoms with E-state index in [9.17, 15) is 21.6 Å². The first-order valence-corrected chi connectivity index (χ1v) is 14.9. The maximum Gasteiger partial charge on any atom is 0.338 e. The van der Waals surface area contributed by atoms with Gasteiger partial charge in [-0.05, 0) is 50.2 Å². The molecule has 5 atom stereocenters. The molecule has 0 radical (unpaired) electrons. The van der Waals surface area contributed by atoms with Gasteiger partial charge in [0, 0.05) is 0 Å². The van der Waals surface area contributed by atoms with Gasteiger partial charge in [0.05, 0.1) is 22.0 Å². The molecule has 206 valence electrons. The molecule has 2 saturated heterocycles. The first kappa shape index (κ1) is 27.4. The minimum absolute atomic E-state index is 0.136. The molecular weight excluding hydrogens is 548 g/mol. The normalized spacial score (nSPS) is 24.8. The van der Waals surface area contributed by atoms with Crippen LogP contribution in [0.2, 0.25) is 0 Å². The zero-order valence-corrected chi connectivity index (χ0v) is 22.6. The third-order valence-electron chi connectivity index (χ3n) is 6.36. The third-order valence-corrected chi connectivity index (χ3v) is 9.01. The lowest BCUT2D eigenvalue weighted by atomic mass is 10.0. The summed E-state index contributed by atoms with van der Waals surface area (Å²) in [5.74, 6) is -0.806. The number of carbonyl (C=O) groups excluding carboxylic acids is 1. The molecule has 2 heterocycles. The van der Waals surface area contributed by atoms with Crippen LogP contribution in [0.3, 0.4) is 0 Å². The topological polar surface area (TPSA) is 132 Å². The van der Waals surface area contributed by atoms with E-state index in [1.165, 1.54) is 36.4 Å². The summed E-state index contributed by atoms with van der Waals surface area (Å²) in [6.07, 6.45) is -6.84. The predicted octanol–water partition coefficient (Wildman–Crippen LogP) is 3.13. The molecule has 10 nitrogen and oxygen atoms in total. The standard InChI is InChI=1S/C27H26O10S2/c1-17-8-12-20(13-9-17)38(29,30)36-23-22-16-33-27(34-22)25(35-26(28)19-6-4-3-5-7-19)24(23)37-39(31,32)21-14-10-18(2)11-15-21/h3-15,22-25,27H,16H2,1-2H3. The molecule has 39 heavy (non-hydrogen) atoms. The quantitative estimate of drug-likeness (QED) is 0.292. The zero-order chi connectivity index (χ0) is 27.8. The second kappa shape index (κ2) is 10.8. The number of aryl methyl sites for hydroxylation is 2. The lowest BCUT2D eigenvalue weighted by Gasteiger charge is -2.38. The van der Waals surface area contributed by atoms with Crippen LogP contribution in [0.15, 0.2) is 88.7 Å². The van der Waals surface area contributed by atoms with Gasteiger partial charge in [0.2, 0.25) is 0 Å². The Morgan fingerprint density at radius 2 is 1.23 bits per heavy atom. The van der Waals surface area contributed by atoms with E-state index in [2.05, 4.69) is 0 Å². The van der Waals surface area contributed by atoms with Crippen LogP contribution in [-0.4, -0.2) is 60.1 Å². The molecule has 0 saturated carbocycles. The summed E-state index contributed by atoms with van der Waals surface area (Å²) in [7, 11) is -8.88. The van der Waals surface area contributed by atoms with Crippen molar-refractivity contribution in [3.8, 4) is 0 Å². The van der Waals surface area contributed by atoms with Gasteiger partial charge < -0.3 is 14.2 Å². The molecule has 3 aromatic rings. The van der Waals surface area contributed by atoms with Crippen molar-refractivity contribution in [2.24, 2.45) is 0 Å². The number of ether oxygens (including phenoxy) is 3. The Balaban J connectivity index is 1.51. The molecule has 3 aromatic carbocycles. The van der Waals surface area contributed by atoms with E-state index >= 15 is 0 Å². The van der Waals surface area contributed by atoms with Crippen molar-refractivity contribution in [1.82, 2.24) is 0 Å². The fourth-order valence-corrected chi connectivity index (χ4v) is 6.47. The third kappa shape index (κ3) is 5.91. The van der Waals surface area contributed by atoms with E-state index in [1.54, 1.807) is 56.3 Å². The van der Waals surface area contributed by atoms with E-state index in [1.807, 2.05) is 0 Å². The van der Waals surface area contributed by atoms with Gasteiger partial charge >= 0.3 is 5.97 Å². The number of fused-ring (bicyclic) bond motifs is 2. The summed E-state index contributed by atoms with van der Waals surface area (Å²) >= 11 is 0. The average Bonchev–Trinajstić information content (AvgIpc) is 3.35. The Labute approximate surface area is 226 Å². The van der Waals surface area contributed by atoms with Gasteiger partial charge in [0.15, 0.2) is 12.4 Å². The molecule has 2 aliphatic rings. The van der Waals surface area contributed by atoms with Gasteiger partial charge in [0.25, 0.3) is 20.2 Å². The van der Waals surface area contributed by atoms with Gasteiger partial charge in [-0.1, -0.05) is 53.6 Å². The lowest BCUT2D eigenvalue weighted by Crippen LogP contribution is -2.58. The Morgan fingerprint density at radius 3 is 1.77 bits per heavy atom. The second-order valence-corrected chi connectivity index (χ2v) is 12.4. The molecule has 2 bridgehead atoms. The summed E-state index contributed by atoms with van der Waals surface area (Å²) in [5, 5.41) is 0. The predicted molar refractivity (Wildman–Crippen MR) is 137 cm³/mol. The van der Waals surface area contributed by atoms with Crippen molar-refractivity contribution in [2.75, 3.05) is 6.61 Å². The highest BCUT2D eigenvalue weighted by atomic mass is 32.2. The van der Waals surface area contributed by atoms with Crippen molar-refractivity contribution < 1.29 is 44.2 Å². The maximum atomic E-state index is 13.3. The average molecular weight is 575 g/mol. The first-order chi connectivity index (χ1) is 18.5. The van der Waals surface area contributed by atoms with Crippen LogP contribution >= 0.6 is 0 Å². The van der Waals surface area contributed by atoms with Gasteiger partial charge in [-0.25, -0.2) is 4.79 Å². The smallest absolute Gasteiger partial charge is 0.338 e. The minimum atomic E-state index is -4.47. The Kier molecular flexibility index (Phi) is 7.60. The highest BCUT2D eigenvalue weighted by Crippen LogP contribution is 2.37. The highest BCUT2D eigenvalue weighted by molar-refractivity contribution is 7.87. The van der Waals surface area contributed by atoms with Crippen molar-refractivity contribution in [3.63, 3.8) is 0 Å². The van der Waals surface area contributed by atoms with Gasteiger partial charge in [-0.2, -0.15) is 16.8 Å². The van der Waals surface area contributed by atoms with E-state index in [-0.39, 0.29) is 22.0 Å². The van der Waals surface area contributed by atoms with Crippen molar-refractivity contribution in [2.45, 2.75) is 54.3 Å². The number of carbonyl (C=O) groups is 1. The Morgan fingerprint density at radius 1 is 0.718 bits per heavy atom. The van der Waals surface area contributed by atoms with Crippen LogP contribution < -0.4 is 0 Å². The first-order valence-electron chi connectivity index (χ1n) is 12.1. The second-order valence-electron chi connectivity index (χ2n) is 9.27. The van der Waals surface area contributed by atoms with Gasteiger partial charge in [-0.3, -0.25) is 8.37 Å². The Hall–Kier alpha value is -3.13. The maximum absolute atomic E-state index is 13.3.